The summed E-state index contributed by atoms with van der Waals surface area (Å²) >= 11 is 4.85. The standard InChI is InChI=1S/C10H9BrN2OS/c11-8-3-1-2-4-9(8)14-6-7-5-13-10(12)15-7/h1-5H,6H2,(H2,12,13). The number of nitrogens with zero attached hydrogens (tertiary/aromatic N) is 1. The zero-order chi connectivity index (χ0) is 10.7. The molecule has 1 aromatic heterocycles. The number of ether oxygens (including phenoxy) is 1. The number of aromatic nitrogens is 1. The van der Waals surface area contributed by atoms with Gasteiger partial charge in [-0.25, -0.2) is 4.98 Å². The molecule has 0 radical (unpaired) electrons. The Morgan fingerprint density at radius 2 is 2.20 bits per heavy atom. The third kappa shape index (κ3) is 2.70. The maximum absolute atomic E-state index is 5.60. The Morgan fingerprint density at radius 3 is 2.87 bits per heavy atom. The number of anilines is 1. The van der Waals surface area contributed by atoms with Gasteiger partial charge in [-0.1, -0.05) is 23.5 Å². The molecule has 0 saturated heterocycles. The van der Waals surface area contributed by atoms with Crippen LogP contribution in [0, 0.1) is 0 Å². The summed E-state index contributed by atoms with van der Waals surface area (Å²) in [6.07, 6.45) is 1.73. The maximum Gasteiger partial charge on any atom is 0.180 e. The van der Waals surface area contributed by atoms with Gasteiger partial charge in [0.1, 0.15) is 12.4 Å². The molecule has 0 spiro atoms. The largest absolute Gasteiger partial charge is 0.487 e. The first-order valence-electron chi connectivity index (χ1n) is 4.33. The molecule has 0 amide bonds. The smallest absolute Gasteiger partial charge is 0.180 e. The van der Waals surface area contributed by atoms with E-state index in [2.05, 4.69) is 20.9 Å². The highest BCUT2D eigenvalue weighted by Crippen LogP contribution is 2.25. The Kier molecular flexibility index (Phi) is 3.23. The number of para-hydroxylation sites is 1. The highest BCUT2D eigenvalue weighted by Gasteiger charge is 2.02. The van der Waals surface area contributed by atoms with Gasteiger partial charge in [0, 0.05) is 6.20 Å². The number of thiazole rings is 1. The first kappa shape index (κ1) is 10.4. The molecule has 3 nitrogen and oxygen atoms in total. The van der Waals surface area contributed by atoms with Crippen molar-refractivity contribution in [2.75, 3.05) is 5.73 Å². The predicted molar refractivity (Wildman–Crippen MR) is 65.0 cm³/mol. The molecule has 1 aromatic carbocycles. The minimum absolute atomic E-state index is 0.498. The summed E-state index contributed by atoms with van der Waals surface area (Å²) in [5.41, 5.74) is 5.52. The topological polar surface area (TPSA) is 48.1 Å². The lowest BCUT2D eigenvalue weighted by molar-refractivity contribution is 0.307. The summed E-state index contributed by atoms with van der Waals surface area (Å²) in [5, 5.41) is 0.570. The van der Waals surface area contributed by atoms with Crippen molar-refractivity contribution in [3.63, 3.8) is 0 Å². The fourth-order valence-electron chi connectivity index (χ4n) is 1.10. The molecule has 0 unspecified atom stereocenters. The molecular formula is C10H9BrN2OS. The molecule has 0 aliphatic rings. The van der Waals surface area contributed by atoms with E-state index in [4.69, 9.17) is 10.5 Å². The SMILES string of the molecule is Nc1ncc(COc2ccccc2Br)s1. The van der Waals surface area contributed by atoms with E-state index in [0.717, 1.165) is 15.1 Å². The minimum Gasteiger partial charge on any atom is -0.487 e. The van der Waals surface area contributed by atoms with Crippen molar-refractivity contribution in [3.8, 4) is 5.75 Å². The van der Waals surface area contributed by atoms with E-state index >= 15 is 0 Å². The van der Waals surface area contributed by atoms with Gasteiger partial charge in [0.15, 0.2) is 5.13 Å². The van der Waals surface area contributed by atoms with Crippen LogP contribution in [0.3, 0.4) is 0 Å². The van der Waals surface area contributed by atoms with E-state index in [1.165, 1.54) is 11.3 Å². The van der Waals surface area contributed by atoms with Crippen molar-refractivity contribution in [3.05, 3.63) is 39.8 Å². The van der Waals surface area contributed by atoms with Gasteiger partial charge in [-0.2, -0.15) is 0 Å². The van der Waals surface area contributed by atoms with Crippen LogP contribution in [0.4, 0.5) is 5.13 Å². The number of hydrogen-bond acceptors (Lipinski definition) is 4. The van der Waals surface area contributed by atoms with Crippen molar-refractivity contribution < 1.29 is 4.74 Å². The van der Waals surface area contributed by atoms with E-state index in [1.54, 1.807) is 6.20 Å². The van der Waals surface area contributed by atoms with Crippen LogP contribution in [0.2, 0.25) is 0 Å². The lowest BCUT2D eigenvalue weighted by Gasteiger charge is -2.05. The molecule has 5 heteroatoms. The molecule has 0 saturated carbocycles. The summed E-state index contributed by atoms with van der Waals surface area (Å²) < 4.78 is 6.55. The Hall–Kier alpha value is -1.07. The van der Waals surface area contributed by atoms with Gasteiger partial charge in [-0.05, 0) is 28.1 Å². The number of nitrogens with two attached hydrogens (primary N) is 1. The van der Waals surface area contributed by atoms with Gasteiger partial charge in [-0.15, -0.1) is 0 Å². The summed E-state index contributed by atoms with van der Waals surface area (Å²) in [4.78, 5) is 4.97. The molecule has 2 N–H and O–H groups in total. The quantitative estimate of drug-likeness (QED) is 0.942. The van der Waals surface area contributed by atoms with E-state index in [9.17, 15) is 0 Å². The van der Waals surface area contributed by atoms with Gasteiger partial charge in [0.25, 0.3) is 0 Å². The van der Waals surface area contributed by atoms with E-state index in [0.29, 0.717) is 11.7 Å². The summed E-state index contributed by atoms with van der Waals surface area (Å²) in [6, 6.07) is 7.73. The molecule has 0 aliphatic carbocycles. The fraction of sp³-hybridized carbons (Fsp3) is 0.100. The van der Waals surface area contributed by atoms with Crippen LogP contribution < -0.4 is 10.5 Å². The number of hydrogen-bond donors (Lipinski definition) is 1. The average molecular weight is 285 g/mol. The van der Waals surface area contributed by atoms with Gasteiger partial charge in [0.2, 0.25) is 0 Å². The summed E-state index contributed by atoms with van der Waals surface area (Å²) in [5.74, 6) is 0.824. The van der Waals surface area contributed by atoms with E-state index in [1.807, 2.05) is 24.3 Å². The molecule has 0 aliphatic heterocycles. The summed E-state index contributed by atoms with van der Waals surface area (Å²) in [7, 11) is 0. The molecule has 0 bridgehead atoms. The normalized spacial score (nSPS) is 10.2. The lowest BCUT2D eigenvalue weighted by Crippen LogP contribution is -1.93. The monoisotopic (exact) mass is 284 g/mol. The number of benzene rings is 1. The fourth-order valence-corrected chi connectivity index (χ4v) is 2.10. The number of nitrogen functional groups attached to an aromatic ring is 1. The first-order valence-corrected chi connectivity index (χ1v) is 5.94. The zero-order valence-electron chi connectivity index (χ0n) is 7.81. The highest BCUT2D eigenvalue weighted by atomic mass is 79.9. The van der Waals surface area contributed by atoms with Crippen molar-refractivity contribution in [2.45, 2.75) is 6.61 Å². The molecule has 2 rings (SSSR count). The van der Waals surface area contributed by atoms with Crippen LogP contribution in [-0.2, 0) is 6.61 Å². The average Bonchev–Trinajstić information content (AvgIpc) is 2.63. The van der Waals surface area contributed by atoms with Crippen LogP contribution in [0.1, 0.15) is 4.88 Å². The van der Waals surface area contributed by atoms with Gasteiger partial charge >= 0.3 is 0 Å². The third-order valence-electron chi connectivity index (χ3n) is 1.78. The van der Waals surface area contributed by atoms with E-state index in [-0.39, 0.29) is 0 Å². The van der Waals surface area contributed by atoms with Crippen LogP contribution in [0.15, 0.2) is 34.9 Å². The lowest BCUT2D eigenvalue weighted by atomic mass is 10.3. The van der Waals surface area contributed by atoms with Crippen LogP contribution in [0.5, 0.6) is 5.75 Å². The molecule has 1 heterocycles. The maximum atomic E-state index is 5.60. The highest BCUT2D eigenvalue weighted by molar-refractivity contribution is 9.10. The second kappa shape index (κ2) is 4.63. The number of halogens is 1. The second-order valence-electron chi connectivity index (χ2n) is 2.88. The Balaban J connectivity index is 2.02. The Bertz CT molecular complexity index is 458. The second-order valence-corrected chi connectivity index (χ2v) is 4.89. The van der Waals surface area contributed by atoms with Crippen LogP contribution in [0.25, 0.3) is 0 Å². The van der Waals surface area contributed by atoms with Crippen molar-refractivity contribution >= 4 is 32.4 Å². The molecule has 15 heavy (non-hydrogen) atoms. The van der Waals surface area contributed by atoms with Crippen LogP contribution >= 0.6 is 27.3 Å². The Labute approximate surface area is 100 Å². The summed E-state index contributed by atoms with van der Waals surface area (Å²) in [6.45, 7) is 0.498. The zero-order valence-corrected chi connectivity index (χ0v) is 10.2. The van der Waals surface area contributed by atoms with E-state index < -0.39 is 0 Å². The molecule has 78 valence electrons. The van der Waals surface area contributed by atoms with Gasteiger partial charge in [-0.3, -0.25) is 0 Å². The van der Waals surface area contributed by atoms with Crippen molar-refractivity contribution in [2.24, 2.45) is 0 Å². The molecule has 2 aromatic rings. The van der Waals surface area contributed by atoms with Crippen molar-refractivity contribution in [1.82, 2.24) is 4.98 Å². The molecule has 0 atom stereocenters. The van der Waals surface area contributed by atoms with Gasteiger partial charge in [0.05, 0.1) is 9.35 Å². The van der Waals surface area contributed by atoms with Gasteiger partial charge < -0.3 is 10.5 Å². The van der Waals surface area contributed by atoms with Crippen molar-refractivity contribution in [1.29, 1.82) is 0 Å². The molecular weight excluding hydrogens is 276 g/mol. The number of rotatable bonds is 3. The Morgan fingerprint density at radius 1 is 1.40 bits per heavy atom. The van der Waals surface area contributed by atoms with Crippen LogP contribution in [-0.4, -0.2) is 4.98 Å². The minimum atomic E-state index is 0.498. The first-order chi connectivity index (χ1) is 7.25. The third-order valence-corrected chi connectivity index (χ3v) is 3.23. The predicted octanol–water partition coefficient (Wildman–Crippen LogP) is 3.07. The molecule has 0 fully saturated rings.